The fourth-order valence-electron chi connectivity index (χ4n) is 3.34. The van der Waals surface area contributed by atoms with Crippen LogP contribution in [0, 0.1) is 23.7 Å². The fourth-order valence-corrected chi connectivity index (χ4v) is 3.34. The first-order valence-electron chi connectivity index (χ1n) is 11.5. The zero-order chi connectivity index (χ0) is 25.2. The zero-order valence-electron chi connectivity index (χ0n) is 20.9. The Balaban J connectivity index is 5.41. The third-order valence-electron chi connectivity index (χ3n) is 4.97. The summed E-state index contributed by atoms with van der Waals surface area (Å²) in [6.45, 7) is 15.0. The molecule has 0 aliphatic heterocycles. The van der Waals surface area contributed by atoms with Gasteiger partial charge in [0.25, 0.3) is 0 Å². The normalized spacial score (nSPS) is 15.4. The van der Waals surface area contributed by atoms with Crippen LogP contribution in [-0.2, 0) is 19.2 Å². The molecule has 0 rings (SSSR count). The van der Waals surface area contributed by atoms with E-state index in [1.54, 1.807) is 13.8 Å². The monoisotopic (exact) mass is 456 g/mol. The van der Waals surface area contributed by atoms with Gasteiger partial charge in [-0.05, 0) is 42.9 Å². The number of hydrogen-bond donors (Lipinski definition) is 5. The van der Waals surface area contributed by atoms with Crippen molar-refractivity contribution in [1.82, 2.24) is 16.0 Å². The Bertz CT molecular complexity index is 634. The average Bonchev–Trinajstić information content (AvgIpc) is 2.62. The molecule has 0 saturated carbocycles. The minimum atomic E-state index is -1.12. The molecule has 0 aromatic carbocycles. The van der Waals surface area contributed by atoms with Gasteiger partial charge in [0.2, 0.25) is 17.7 Å². The molecule has 0 fully saturated rings. The molecule has 0 spiro atoms. The second kappa shape index (κ2) is 14.1. The van der Waals surface area contributed by atoms with Gasteiger partial charge < -0.3 is 26.8 Å². The van der Waals surface area contributed by atoms with E-state index in [-0.39, 0.29) is 30.1 Å². The molecule has 0 aromatic rings. The molecular weight excluding hydrogens is 412 g/mol. The fraction of sp³-hybridized carbons (Fsp3) is 0.826. The zero-order valence-corrected chi connectivity index (χ0v) is 20.9. The summed E-state index contributed by atoms with van der Waals surface area (Å²) >= 11 is 0. The molecule has 0 bridgehead atoms. The van der Waals surface area contributed by atoms with Gasteiger partial charge in [-0.25, -0.2) is 4.79 Å². The van der Waals surface area contributed by atoms with Crippen molar-refractivity contribution in [3.63, 3.8) is 0 Å². The molecule has 4 unspecified atom stereocenters. The number of carbonyl (C=O) groups excluding carboxylic acids is 3. The van der Waals surface area contributed by atoms with Gasteiger partial charge in [0.1, 0.15) is 18.1 Å². The summed E-state index contributed by atoms with van der Waals surface area (Å²) in [5.74, 6) is -2.45. The van der Waals surface area contributed by atoms with Crippen molar-refractivity contribution in [1.29, 1.82) is 0 Å². The van der Waals surface area contributed by atoms with Crippen LogP contribution in [0.1, 0.15) is 74.7 Å². The summed E-state index contributed by atoms with van der Waals surface area (Å²) in [6, 6.07) is -3.55. The van der Waals surface area contributed by atoms with Gasteiger partial charge in [-0.1, -0.05) is 55.4 Å². The highest BCUT2D eigenvalue weighted by Crippen LogP contribution is 2.11. The van der Waals surface area contributed by atoms with Crippen LogP contribution in [-0.4, -0.2) is 53.0 Å². The van der Waals surface area contributed by atoms with Gasteiger partial charge in [0, 0.05) is 0 Å². The van der Waals surface area contributed by atoms with E-state index in [0.29, 0.717) is 12.8 Å². The number of aliphatic carboxylic acids is 1. The lowest BCUT2D eigenvalue weighted by Crippen LogP contribution is -2.58. The van der Waals surface area contributed by atoms with Crippen LogP contribution in [0.4, 0.5) is 0 Å². The van der Waals surface area contributed by atoms with Crippen molar-refractivity contribution in [3.05, 3.63) is 0 Å². The highest BCUT2D eigenvalue weighted by atomic mass is 16.4. The Hall–Kier alpha value is -2.16. The minimum absolute atomic E-state index is 0.0733. The van der Waals surface area contributed by atoms with Gasteiger partial charge in [-0.2, -0.15) is 0 Å². The predicted molar refractivity (Wildman–Crippen MR) is 125 cm³/mol. The van der Waals surface area contributed by atoms with E-state index in [9.17, 15) is 24.3 Å². The Kier molecular flexibility index (Phi) is 13.1. The second-order valence-corrected chi connectivity index (χ2v) is 10.2. The number of carboxylic acids is 1. The summed E-state index contributed by atoms with van der Waals surface area (Å²) in [5, 5.41) is 17.4. The minimum Gasteiger partial charge on any atom is -0.480 e. The first-order chi connectivity index (χ1) is 14.6. The summed E-state index contributed by atoms with van der Waals surface area (Å²) in [7, 11) is 0. The Morgan fingerprint density at radius 3 is 1.50 bits per heavy atom. The van der Waals surface area contributed by atoms with E-state index in [4.69, 9.17) is 5.73 Å². The average molecular weight is 457 g/mol. The van der Waals surface area contributed by atoms with Gasteiger partial charge in [0.05, 0.1) is 6.04 Å². The van der Waals surface area contributed by atoms with E-state index in [2.05, 4.69) is 16.0 Å². The van der Waals surface area contributed by atoms with E-state index < -0.39 is 47.9 Å². The van der Waals surface area contributed by atoms with Crippen LogP contribution in [0.15, 0.2) is 0 Å². The van der Waals surface area contributed by atoms with Gasteiger partial charge >= 0.3 is 5.97 Å². The van der Waals surface area contributed by atoms with E-state index >= 15 is 0 Å². The Morgan fingerprint density at radius 2 is 1.09 bits per heavy atom. The van der Waals surface area contributed by atoms with E-state index in [0.717, 1.165) is 0 Å². The highest BCUT2D eigenvalue weighted by molar-refractivity contribution is 5.94. The van der Waals surface area contributed by atoms with Crippen molar-refractivity contribution >= 4 is 23.7 Å². The first-order valence-corrected chi connectivity index (χ1v) is 11.5. The molecule has 4 atom stereocenters. The predicted octanol–water partition coefficient (Wildman–Crippen LogP) is 1.65. The molecule has 0 aliphatic rings. The molecule has 6 N–H and O–H groups in total. The van der Waals surface area contributed by atoms with E-state index in [1.165, 1.54) is 0 Å². The van der Waals surface area contributed by atoms with Crippen molar-refractivity contribution in [2.75, 3.05) is 0 Å². The summed E-state index contributed by atoms with van der Waals surface area (Å²) in [6.07, 6.45) is 1.15. The Morgan fingerprint density at radius 1 is 0.656 bits per heavy atom. The third-order valence-corrected chi connectivity index (χ3v) is 4.97. The number of carbonyl (C=O) groups is 4. The second-order valence-electron chi connectivity index (χ2n) is 10.2. The molecule has 9 nitrogen and oxygen atoms in total. The molecule has 0 aromatic heterocycles. The first kappa shape index (κ1) is 29.8. The molecule has 0 saturated heterocycles. The number of rotatable bonds is 14. The maximum atomic E-state index is 13.0. The SMILES string of the molecule is CC(C)CC(N)C(=O)NC(CC(C)C)C(=O)NC(C(=O)NC(CC(C)C)C(=O)O)C(C)C. The topological polar surface area (TPSA) is 151 Å². The lowest BCUT2D eigenvalue weighted by atomic mass is 9.98. The van der Waals surface area contributed by atoms with Crippen molar-refractivity contribution in [2.45, 2.75) is 98.8 Å². The van der Waals surface area contributed by atoms with Gasteiger partial charge in [-0.3, -0.25) is 14.4 Å². The number of nitrogens with two attached hydrogens (primary N) is 1. The van der Waals surface area contributed by atoms with Gasteiger partial charge in [0.15, 0.2) is 0 Å². The maximum absolute atomic E-state index is 13.0. The lowest BCUT2D eigenvalue weighted by Gasteiger charge is -2.28. The molecular formula is C23H44N4O5. The lowest BCUT2D eigenvalue weighted by molar-refractivity contribution is -0.143. The van der Waals surface area contributed by atoms with Crippen LogP contribution in [0.5, 0.6) is 0 Å². The van der Waals surface area contributed by atoms with Crippen LogP contribution in [0.2, 0.25) is 0 Å². The molecule has 0 heterocycles. The summed E-state index contributed by atoms with van der Waals surface area (Å²) in [5.41, 5.74) is 5.95. The highest BCUT2D eigenvalue weighted by Gasteiger charge is 2.32. The van der Waals surface area contributed by atoms with Crippen LogP contribution in [0.25, 0.3) is 0 Å². The molecule has 3 amide bonds. The Labute approximate surface area is 192 Å². The standard InChI is InChI=1S/C23H44N4O5/c1-12(2)9-16(24)20(28)25-17(10-13(3)4)21(29)27-19(15(7)8)22(30)26-18(23(31)32)11-14(5)6/h12-19H,9-11,24H2,1-8H3,(H,25,28)(H,26,30)(H,27,29)(H,31,32). The number of nitrogens with one attached hydrogen (secondary N) is 3. The molecule has 0 radical (unpaired) electrons. The molecule has 9 heteroatoms. The van der Waals surface area contributed by atoms with Gasteiger partial charge in [-0.15, -0.1) is 0 Å². The summed E-state index contributed by atoms with van der Waals surface area (Å²) < 4.78 is 0. The number of hydrogen-bond acceptors (Lipinski definition) is 5. The molecule has 186 valence electrons. The van der Waals surface area contributed by atoms with Crippen LogP contribution >= 0.6 is 0 Å². The van der Waals surface area contributed by atoms with Crippen molar-refractivity contribution in [2.24, 2.45) is 29.4 Å². The van der Waals surface area contributed by atoms with Crippen molar-refractivity contribution < 1.29 is 24.3 Å². The maximum Gasteiger partial charge on any atom is 0.326 e. The molecule has 32 heavy (non-hydrogen) atoms. The third kappa shape index (κ3) is 11.5. The van der Waals surface area contributed by atoms with E-state index in [1.807, 2.05) is 41.5 Å². The number of carboxylic acid groups (broad SMARTS) is 1. The van der Waals surface area contributed by atoms with Crippen LogP contribution < -0.4 is 21.7 Å². The number of amides is 3. The smallest absolute Gasteiger partial charge is 0.326 e. The summed E-state index contributed by atoms with van der Waals surface area (Å²) in [4.78, 5) is 49.8. The van der Waals surface area contributed by atoms with Crippen LogP contribution in [0.3, 0.4) is 0 Å². The molecule has 0 aliphatic carbocycles. The quantitative estimate of drug-likeness (QED) is 0.268. The largest absolute Gasteiger partial charge is 0.480 e. The van der Waals surface area contributed by atoms with Crippen molar-refractivity contribution in [3.8, 4) is 0 Å².